The molecule has 0 saturated carbocycles. The number of hydrogen-bond acceptors (Lipinski definition) is 3. The molecule has 0 spiro atoms. The minimum atomic E-state index is -0.329. The molecule has 4 heteroatoms. The number of carbonyl (C=O) groups is 1. The topological polar surface area (TPSA) is 49.6 Å². The monoisotopic (exact) mass is 253 g/mol. The Morgan fingerprint density at radius 1 is 1.17 bits per heavy atom. The minimum absolute atomic E-state index is 0.143. The van der Waals surface area contributed by atoms with Crippen LogP contribution in [0.1, 0.15) is 39.5 Å². The summed E-state index contributed by atoms with van der Waals surface area (Å²) in [6.45, 7) is 8.23. The minimum Gasteiger partial charge on any atom is -0.340 e. The number of piperidine rings is 1. The predicted octanol–water partition coefficient (Wildman–Crippen LogP) is 1.06. The highest BCUT2D eigenvalue weighted by atomic mass is 16.2. The molecule has 2 heterocycles. The van der Waals surface area contributed by atoms with Gasteiger partial charge in [0.25, 0.3) is 0 Å². The maximum atomic E-state index is 12.2. The number of amides is 1. The van der Waals surface area contributed by atoms with Gasteiger partial charge in [-0.15, -0.1) is 0 Å². The zero-order valence-electron chi connectivity index (χ0n) is 11.8. The Morgan fingerprint density at radius 2 is 1.83 bits per heavy atom. The van der Waals surface area contributed by atoms with Crippen molar-refractivity contribution >= 4 is 5.91 Å². The van der Waals surface area contributed by atoms with Gasteiger partial charge < -0.3 is 10.6 Å². The molecule has 2 aliphatic rings. The molecule has 2 N–H and O–H groups in total. The van der Waals surface area contributed by atoms with Crippen LogP contribution in [0.25, 0.3) is 0 Å². The summed E-state index contributed by atoms with van der Waals surface area (Å²) in [5.74, 6) is 0.371. The van der Waals surface area contributed by atoms with Crippen LogP contribution in [-0.2, 0) is 4.79 Å². The van der Waals surface area contributed by atoms with Crippen molar-refractivity contribution in [2.75, 3.05) is 26.2 Å². The van der Waals surface area contributed by atoms with Crippen LogP contribution in [0.2, 0.25) is 0 Å². The Kier molecular flexibility index (Phi) is 4.62. The molecule has 2 fully saturated rings. The van der Waals surface area contributed by atoms with Crippen LogP contribution in [0.5, 0.6) is 0 Å². The number of nitrogens with zero attached hydrogens (tertiary/aromatic N) is 2. The molecular weight excluding hydrogens is 226 g/mol. The normalized spacial score (nSPS) is 27.8. The van der Waals surface area contributed by atoms with E-state index in [9.17, 15) is 4.79 Å². The molecule has 2 aliphatic heterocycles. The third kappa shape index (κ3) is 3.04. The van der Waals surface area contributed by atoms with E-state index >= 15 is 0 Å². The van der Waals surface area contributed by atoms with Crippen molar-refractivity contribution in [3.8, 4) is 0 Å². The van der Waals surface area contributed by atoms with Gasteiger partial charge in [-0.3, -0.25) is 9.69 Å². The van der Waals surface area contributed by atoms with Crippen molar-refractivity contribution in [1.29, 1.82) is 0 Å². The molecule has 2 unspecified atom stereocenters. The molecular formula is C14H27N3O. The molecule has 4 nitrogen and oxygen atoms in total. The zero-order chi connectivity index (χ0) is 13.1. The van der Waals surface area contributed by atoms with Crippen molar-refractivity contribution in [2.24, 2.45) is 11.7 Å². The van der Waals surface area contributed by atoms with Crippen molar-refractivity contribution < 1.29 is 4.79 Å². The second-order valence-corrected chi connectivity index (χ2v) is 6.09. The summed E-state index contributed by atoms with van der Waals surface area (Å²) in [5.41, 5.74) is 5.96. The predicted molar refractivity (Wildman–Crippen MR) is 73.2 cm³/mol. The van der Waals surface area contributed by atoms with Gasteiger partial charge in [0, 0.05) is 19.1 Å². The van der Waals surface area contributed by atoms with Crippen molar-refractivity contribution in [2.45, 2.75) is 51.6 Å². The highest BCUT2D eigenvalue weighted by Gasteiger charge is 2.33. The van der Waals surface area contributed by atoms with Crippen molar-refractivity contribution in [3.05, 3.63) is 0 Å². The van der Waals surface area contributed by atoms with Gasteiger partial charge >= 0.3 is 0 Å². The highest BCUT2D eigenvalue weighted by Crippen LogP contribution is 2.21. The summed E-state index contributed by atoms with van der Waals surface area (Å²) >= 11 is 0. The molecule has 2 atom stereocenters. The van der Waals surface area contributed by atoms with E-state index in [0.29, 0.717) is 6.04 Å². The number of hydrogen-bond donors (Lipinski definition) is 1. The molecule has 104 valence electrons. The fourth-order valence-electron chi connectivity index (χ4n) is 3.02. The van der Waals surface area contributed by atoms with Gasteiger partial charge in [-0.05, 0) is 38.3 Å². The second-order valence-electron chi connectivity index (χ2n) is 6.09. The first-order chi connectivity index (χ1) is 8.59. The van der Waals surface area contributed by atoms with E-state index < -0.39 is 0 Å². The van der Waals surface area contributed by atoms with Crippen molar-refractivity contribution in [1.82, 2.24) is 9.80 Å². The lowest BCUT2D eigenvalue weighted by Gasteiger charge is -2.32. The third-order valence-electron chi connectivity index (χ3n) is 4.39. The number of nitrogens with two attached hydrogens (primary N) is 1. The Bertz CT molecular complexity index is 287. The fraction of sp³-hybridized carbons (Fsp3) is 0.929. The van der Waals surface area contributed by atoms with E-state index in [0.717, 1.165) is 19.5 Å². The van der Waals surface area contributed by atoms with Crippen LogP contribution in [0.3, 0.4) is 0 Å². The number of likely N-dealkylation sites (tertiary alicyclic amines) is 2. The first-order valence-corrected chi connectivity index (χ1v) is 7.38. The Morgan fingerprint density at radius 3 is 2.44 bits per heavy atom. The van der Waals surface area contributed by atoms with E-state index in [2.05, 4.69) is 4.90 Å². The highest BCUT2D eigenvalue weighted by molar-refractivity contribution is 5.82. The third-order valence-corrected chi connectivity index (χ3v) is 4.39. The van der Waals surface area contributed by atoms with Gasteiger partial charge in [0.15, 0.2) is 0 Å². The second kappa shape index (κ2) is 6.02. The first-order valence-electron chi connectivity index (χ1n) is 7.38. The van der Waals surface area contributed by atoms with Gasteiger partial charge in [-0.2, -0.15) is 0 Å². The maximum absolute atomic E-state index is 12.2. The maximum Gasteiger partial charge on any atom is 0.239 e. The first kappa shape index (κ1) is 13.8. The molecule has 0 aliphatic carbocycles. The van der Waals surface area contributed by atoms with Gasteiger partial charge in [0.2, 0.25) is 5.91 Å². The smallest absolute Gasteiger partial charge is 0.239 e. The molecule has 0 radical (unpaired) electrons. The standard InChI is InChI=1S/C14H27N3O/c1-11(2)13(15)14(18)17-9-6-12(10-17)16-7-4-3-5-8-16/h11-13H,3-10,15H2,1-2H3. The Labute approximate surface area is 110 Å². The summed E-state index contributed by atoms with van der Waals surface area (Å²) in [6, 6.07) is 0.249. The summed E-state index contributed by atoms with van der Waals surface area (Å²) in [6.07, 6.45) is 5.12. The van der Waals surface area contributed by atoms with Crippen LogP contribution in [-0.4, -0.2) is 54.0 Å². The molecule has 0 bridgehead atoms. The van der Waals surface area contributed by atoms with Crippen LogP contribution in [0.15, 0.2) is 0 Å². The quantitative estimate of drug-likeness (QED) is 0.818. The summed E-state index contributed by atoms with van der Waals surface area (Å²) in [4.78, 5) is 16.7. The van der Waals surface area contributed by atoms with Crippen LogP contribution in [0, 0.1) is 5.92 Å². The lowest BCUT2D eigenvalue weighted by Crippen LogP contribution is -2.47. The average molecular weight is 253 g/mol. The van der Waals surface area contributed by atoms with Gasteiger partial charge in [0.1, 0.15) is 0 Å². The molecule has 2 rings (SSSR count). The lowest BCUT2D eigenvalue weighted by molar-refractivity contribution is -0.132. The number of carbonyl (C=O) groups excluding carboxylic acids is 1. The number of rotatable bonds is 3. The Hall–Kier alpha value is -0.610. The largest absolute Gasteiger partial charge is 0.340 e. The summed E-state index contributed by atoms with van der Waals surface area (Å²) < 4.78 is 0. The SMILES string of the molecule is CC(C)C(N)C(=O)N1CCC(N2CCCCC2)C1. The van der Waals surface area contributed by atoms with Gasteiger partial charge in [0.05, 0.1) is 6.04 Å². The zero-order valence-corrected chi connectivity index (χ0v) is 11.8. The molecule has 18 heavy (non-hydrogen) atoms. The van der Waals surface area contributed by atoms with Gasteiger partial charge in [-0.1, -0.05) is 20.3 Å². The summed E-state index contributed by atoms with van der Waals surface area (Å²) in [7, 11) is 0. The lowest BCUT2D eigenvalue weighted by atomic mass is 10.0. The van der Waals surface area contributed by atoms with E-state index in [1.807, 2.05) is 18.7 Å². The van der Waals surface area contributed by atoms with E-state index in [-0.39, 0.29) is 17.9 Å². The molecule has 2 saturated heterocycles. The summed E-state index contributed by atoms with van der Waals surface area (Å²) in [5, 5.41) is 0. The van der Waals surface area contributed by atoms with Crippen LogP contribution >= 0.6 is 0 Å². The Balaban J connectivity index is 1.85. The van der Waals surface area contributed by atoms with Crippen LogP contribution < -0.4 is 5.73 Å². The van der Waals surface area contributed by atoms with Gasteiger partial charge in [-0.25, -0.2) is 0 Å². The molecule has 0 aromatic carbocycles. The van der Waals surface area contributed by atoms with E-state index in [4.69, 9.17) is 5.73 Å². The van der Waals surface area contributed by atoms with Crippen LogP contribution in [0.4, 0.5) is 0 Å². The molecule has 0 aromatic rings. The van der Waals surface area contributed by atoms with Crippen molar-refractivity contribution in [3.63, 3.8) is 0 Å². The van der Waals surface area contributed by atoms with E-state index in [1.54, 1.807) is 0 Å². The fourth-order valence-corrected chi connectivity index (χ4v) is 3.02. The molecule has 1 amide bonds. The van der Waals surface area contributed by atoms with E-state index in [1.165, 1.54) is 32.4 Å². The average Bonchev–Trinajstić information content (AvgIpc) is 2.87. The molecule has 0 aromatic heterocycles.